The van der Waals surface area contributed by atoms with Crippen molar-refractivity contribution < 1.29 is 47.4 Å². The van der Waals surface area contributed by atoms with E-state index in [1.165, 1.54) is 11.1 Å². The molecule has 40 heavy (non-hydrogen) atoms. The average molecular weight is 573 g/mol. The summed E-state index contributed by atoms with van der Waals surface area (Å²) in [6.45, 7) is 3.55. The van der Waals surface area contributed by atoms with Crippen molar-refractivity contribution in [1.29, 1.82) is 0 Å². The van der Waals surface area contributed by atoms with Crippen LogP contribution in [0.3, 0.4) is 0 Å². The first-order valence-corrected chi connectivity index (χ1v) is 14.2. The lowest BCUT2D eigenvalue weighted by Gasteiger charge is -2.31. The lowest BCUT2D eigenvalue weighted by molar-refractivity contribution is -0.132. The molecule has 2 bridgehead atoms. The summed E-state index contributed by atoms with van der Waals surface area (Å²) in [5.41, 5.74) is 2.48. The van der Waals surface area contributed by atoms with Crippen molar-refractivity contribution in [1.82, 2.24) is 0 Å². The van der Waals surface area contributed by atoms with E-state index in [2.05, 4.69) is 24.3 Å². The highest BCUT2D eigenvalue weighted by Crippen LogP contribution is 2.20. The van der Waals surface area contributed by atoms with E-state index in [1.54, 1.807) is 42.7 Å². The second-order valence-electron chi connectivity index (χ2n) is 9.77. The number of aryl methyl sites for hydroxylation is 2. The van der Waals surface area contributed by atoms with E-state index in [9.17, 15) is 0 Å². The van der Waals surface area contributed by atoms with Gasteiger partial charge in [-0.15, -0.1) is 0 Å². The quantitative estimate of drug-likeness (QED) is 0.507. The van der Waals surface area contributed by atoms with Crippen LogP contribution in [0.4, 0.5) is 0 Å². The molecule has 0 saturated carbocycles. The molecule has 0 radical (unpaired) electrons. The predicted octanol–water partition coefficient (Wildman–Crippen LogP) is 2.72. The van der Waals surface area contributed by atoms with Crippen LogP contribution in [-0.4, -0.2) is 132 Å². The van der Waals surface area contributed by atoms with Gasteiger partial charge in [0, 0.05) is 42.7 Å². The molecular weight excluding hydrogens is 520 g/mol. The van der Waals surface area contributed by atoms with Crippen molar-refractivity contribution in [3.05, 3.63) is 35.4 Å². The van der Waals surface area contributed by atoms with Gasteiger partial charge >= 0.3 is 0 Å². The highest BCUT2D eigenvalue weighted by molar-refractivity contribution is 5.24. The Balaban J connectivity index is 2.13. The van der Waals surface area contributed by atoms with Crippen molar-refractivity contribution in [2.24, 2.45) is 0 Å². The van der Waals surface area contributed by atoms with Gasteiger partial charge in [0.25, 0.3) is 0 Å². The van der Waals surface area contributed by atoms with Gasteiger partial charge in [-0.05, 0) is 36.8 Å². The summed E-state index contributed by atoms with van der Waals surface area (Å²) in [5, 5.41) is 0. The summed E-state index contributed by atoms with van der Waals surface area (Å²) in [5.74, 6) is 0. The monoisotopic (exact) mass is 572 g/mol. The molecule has 1 aromatic carbocycles. The molecule has 0 spiro atoms. The normalized spacial score (nSPS) is 29.8. The largest absolute Gasteiger partial charge is 0.379 e. The lowest BCUT2D eigenvalue weighted by Crippen LogP contribution is -2.44. The number of ether oxygens (including phenoxy) is 10. The fourth-order valence-corrected chi connectivity index (χ4v) is 5.03. The molecule has 1 aromatic rings. The van der Waals surface area contributed by atoms with Gasteiger partial charge in [-0.25, -0.2) is 0 Å². The third-order valence-corrected chi connectivity index (χ3v) is 7.33. The average Bonchev–Trinajstić information content (AvgIpc) is 2.98. The molecule has 1 aliphatic heterocycles. The summed E-state index contributed by atoms with van der Waals surface area (Å²) < 4.78 is 57.7. The molecule has 0 amide bonds. The molecule has 232 valence electrons. The Morgan fingerprint density at radius 1 is 0.500 bits per heavy atom. The number of hydrogen-bond donors (Lipinski definition) is 0. The lowest BCUT2D eigenvalue weighted by atomic mass is 9.96. The van der Waals surface area contributed by atoms with Crippen LogP contribution < -0.4 is 0 Å². The highest BCUT2D eigenvalue weighted by Gasteiger charge is 2.31. The number of hydrogen-bond acceptors (Lipinski definition) is 10. The second-order valence-corrected chi connectivity index (χ2v) is 9.77. The van der Waals surface area contributed by atoms with Gasteiger partial charge in [-0.2, -0.15) is 0 Å². The van der Waals surface area contributed by atoms with Gasteiger partial charge in [0.2, 0.25) is 0 Å². The molecule has 1 aliphatic rings. The first kappa shape index (κ1) is 35.0. The molecule has 0 unspecified atom stereocenters. The maximum absolute atomic E-state index is 5.85. The van der Waals surface area contributed by atoms with Gasteiger partial charge in [-0.1, -0.05) is 24.3 Å². The Hall–Kier alpha value is -1.18. The molecule has 0 aromatic heterocycles. The van der Waals surface area contributed by atoms with Gasteiger partial charge in [0.15, 0.2) is 0 Å². The van der Waals surface area contributed by atoms with Crippen LogP contribution >= 0.6 is 0 Å². The van der Waals surface area contributed by atoms with Gasteiger partial charge in [0.05, 0.1) is 65.1 Å². The van der Waals surface area contributed by atoms with Gasteiger partial charge < -0.3 is 47.4 Å². The van der Waals surface area contributed by atoms with Crippen LogP contribution in [0.2, 0.25) is 0 Å². The number of rotatable bonds is 6. The molecular formula is C30H52O10. The minimum Gasteiger partial charge on any atom is -0.379 e. The van der Waals surface area contributed by atoms with E-state index in [0.717, 1.165) is 25.7 Å². The van der Waals surface area contributed by atoms with E-state index in [-0.39, 0.29) is 36.6 Å². The van der Waals surface area contributed by atoms with Crippen molar-refractivity contribution >= 4 is 0 Å². The fourth-order valence-electron chi connectivity index (χ4n) is 5.03. The van der Waals surface area contributed by atoms with Crippen LogP contribution in [0.5, 0.6) is 0 Å². The molecule has 10 heteroatoms. The molecule has 0 saturated heterocycles. The van der Waals surface area contributed by atoms with Crippen molar-refractivity contribution in [3.8, 4) is 0 Å². The summed E-state index contributed by atoms with van der Waals surface area (Å²) in [4.78, 5) is 0. The van der Waals surface area contributed by atoms with Crippen molar-refractivity contribution in [2.45, 2.75) is 62.3 Å². The molecule has 6 atom stereocenters. The predicted molar refractivity (Wildman–Crippen MR) is 151 cm³/mol. The van der Waals surface area contributed by atoms with Gasteiger partial charge in [-0.3, -0.25) is 0 Å². The number of fused-ring (bicyclic) bond motifs is 2. The fraction of sp³-hybridized carbons (Fsp3) is 0.800. The van der Waals surface area contributed by atoms with E-state index in [4.69, 9.17) is 47.4 Å². The first-order valence-electron chi connectivity index (χ1n) is 14.2. The van der Waals surface area contributed by atoms with Crippen LogP contribution in [0.15, 0.2) is 24.3 Å². The van der Waals surface area contributed by atoms with E-state index < -0.39 is 0 Å². The molecule has 1 heterocycles. The van der Waals surface area contributed by atoms with Crippen LogP contribution in [-0.2, 0) is 60.2 Å². The third kappa shape index (κ3) is 12.4. The number of methoxy groups -OCH3 is 6. The zero-order valence-electron chi connectivity index (χ0n) is 25.3. The zero-order chi connectivity index (χ0) is 29.0. The topological polar surface area (TPSA) is 92.3 Å². The second kappa shape index (κ2) is 21.5. The SMILES string of the molecule is CO[C@@H]1[C@@H](OC)CCc2cccc(c2)CC[C@H](OC)[C@@H](OC)[C@H](OC)COCCOCCOCCOC[C@H]1OC. The molecule has 0 N–H and O–H groups in total. The smallest absolute Gasteiger partial charge is 0.112 e. The van der Waals surface area contributed by atoms with E-state index >= 15 is 0 Å². The Bertz CT molecular complexity index is 694. The summed E-state index contributed by atoms with van der Waals surface area (Å²) in [6, 6.07) is 8.65. The maximum Gasteiger partial charge on any atom is 0.112 e. The molecule has 0 aliphatic carbocycles. The zero-order valence-corrected chi connectivity index (χ0v) is 25.3. The standard InChI is InChI=1S/C30H52O10/c1-31-25-12-10-23-8-7-9-24(20-23)11-13-26(32-2)30(36-6)28(34-4)22-40-19-17-38-15-14-37-16-18-39-21-27(33-3)29(25)35-5/h7-9,20,25-30H,10-19,21-22H2,1-6H3/t25-,26-,27+,28+,29+,30+/m0/s1. The molecule has 10 nitrogen and oxygen atoms in total. The Morgan fingerprint density at radius 3 is 1.23 bits per heavy atom. The first-order chi connectivity index (χ1) is 19.6. The Morgan fingerprint density at radius 2 is 0.875 bits per heavy atom. The maximum atomic E-state index is 5.85. The highest BCUT2D eigenvalue weighted by atomic mass is 16.6. The minimum atomic E-state index is -0.272. The molecule has 2 rings (SSSR count). The summed E-state index contributed by atoms with van der Waals surface area (Å²) in [6.07, 6.45) is 1.86. The van der Waals surface area contributed by atoms with Crippen LogP contribution in [0.25, 0.3) is 0 Å². The van der Waals surface area contributed by atoms with E-state index in [1.807, 2.05) is 0 Å². The Labute approximate surface area is 240 Å². The Kier molecular flexibility index (Phi) is 18.8. The van der Waals surface area contributed by atoms with Crippen LogP contribution in [0, 0.1) is 0 Å². The van der Waals surface area contributed by atoms with Crippen molar-refractivity contribution in [3.63, 3.8) is 0 Å². The van der Waals surface area contributed by atoms with Crippen molar-refractivity contribution in [2.75, 3.05) is 95.5 Å². The summed E-state index contributed by atoms with van der Waals surface area (Å²) in [7, 11) is 10.1. The summed E-state index contributed by atoms with van der Waals surface area (Å²) >= 11 is 0. The van der Waals surface area contributed by atoms with Crippen LogP contribution in [0.1, 0.15) is 24.0 Å². The van der Waals surface area contributed by atoms with E-state index in [0.29, 0.717) is 52.9 Å². The number of benzene rings is 1. The van der Waals surface area contributed by atoms with Gasteiger partial charge in [0.1, 0.15) is 24.4 Å². The third-order valence-electron chi connectivity index (χ3n) is 7.33. The minimum absolute atomic E-state index is 0.154. The molecule has 0 fully saturated rings.